The topological polar surface area (TPSA) is 54.5 Å². The lowest BCUT2D eigenvalue weighted by atomic mass is 10.0. The molecule has 1 aliphatic rings. The minimum atomic E-state index is -0.736. The van der Waals surface area contributed by atoms with Crippen molar-refractivity contribution in [2.75, 3.05) is 19.6 Å². The zero-order valence-electron chi connectivity index (χ0n) is 14.2. The molecule has 0 spiro atoms. The number of carbonyl (C=O) groups is 1. The number of benzene rings is 1. The first-order chi connectivity index (χ1) is 12.1. The fourth-order valence-corrected chi connectivity index (χ4v) is 3.10. The summed E-state index contributed by atoms with van der Waals surface area (Å²) in [4.78, 5) is 18.8. The van der Waals surface area contributed by atoms with Gasteiger partial charge in [0.1, 0.15) is 11.6 Å². The van der Waals surface area contributed by atoms with Crippen LogP contribution in [0, 0.1) is 5.82 Å². The Kier molecular flexibility index (Phi) is 7.20. The zero-order valence-corrected chi connectivity index (χ0v) is 15.8. The fraction of sp³-hybridized carbons (Fsp3) is 0.333. The predicted octanol–water partition coefficient (Wildman–Crippen LogP) is 3.24. The van der Waals surface area contributed by atoms with Crippen molar-refractivity contribution in [3.63, 3.8) is 0 Å². The zero-order chi connectivity index (χ0) is 17.8. The molecule has 3 rings (SSSR count). The molecule has 1 amide bonds. The third-order valence-electron chi connectivity index (χ3n) is 4.14. The molecule has 140 valence electrons. The lowest BCUT2D eigenvalue weighted by molar-refractivity contribution is -0.141. The average Bonchev–Trinajstić information content (AvgIpc) is 2.64. The minimum Gasteiger partial charge on any atom is -0.479 e. The van der Waals surface area contributed by atoms with E-state index in [1.54, 1.807) is 24.2 Å². The summed E-state index contributed by atoms with van der Waals surface area (Å²) in [6, 6.07) is 7.54. The molecule has 1 aromatic carbocycles. The SMILES string of the molecule is CC(Oc1ccc(F)cc1Cl)C(=O)N1CCNCC1c1cccnc1.Cl. The smallest absolute Gasteiger partial charge is 0.263 e. The van der Waals surface area contributed by atoms with Gasteiger partial charge < -0.3 is 15.0 Å². The molecule has 2 unspecified atom stereocenters. The molecule has 1 saturated heterocycles. The van der Waals surface area contributed by atoms with E-state index in [-0.39, 0.29) is 35.1 Å². The van der Waals surface area contributed by atoms with Crippen molar-refractivity contribution >= 4 is 29.9 Å². The summed E-state index contributed by atoms with van der Waals surface area (Å²) in [6.07, 6.45) is 2.73. The second kappa shape index (κ2) is 9.16. The molecule has 1 aromatic heterocycles. The second-order valence-corrected chi connectivity index (χ2v) is 6.28. The minimum absolute atomic E-state index is 0. The molecule has 0 saturated carbocycles. The van der Waals surface area contributed by atoms with Gasteiger partial charge in [0.25, 0.3) is 5.91 Å². The molecule has 0 bridgehead atoms. The van der Waals surface area contributed by atoms with Crippen LogP contribution >= 0.6 is 24.0 Å². The van der Waals surface area contributed by atoms with Crippen molar-refractivity contribution in [1.29, 1.82) is 0 Å². The number of ether oxygens (including phenoxy) is 1. The van der Waals surface area contributed by atoms with Gasteiger partial charge >= 0.3 is 0 Å². The highest BCUT2D eigenvalue weighted by Gasteiger charge is 2.31. The standard InChI is InChI=1S/C18H19ClFN3O2.ClH/c1-12(25-17-5-4-14(20)9-15(17)19)18(24)23-8-7-22-11-16(23)13-3-2-6-21-10-13;/h2-6,9-10,12,16,22H,7-8,11H2,1H3;1H. The van der Waals surface area contributed by atoms with E-state index in [4.69, 9.17) is 16.3 Å². The summed E-state index contributed by atoms with van der Waals surface area (Å²) in [6.45, 7) is 3.61. The van der Waals surface area contributed by atoms with E-state index in [1.165, 1.54) is 12.1 Å². The highest BCUT2D eigenvalue weighted by molar-refractivity contribution is 6.32. The van der Waals surface area contributed by atoms with E-state index >= 15 is 0 Å². The Morgan fingerprint density at radius 2 is 2.27 bits per heavy atom. The van der Waals surface area contributed by atoms with Crippen LogP contribution in [-0.2, 0) is 4.79 Å². The maximum absolute atomic E-state index is 13.1. The first-order valence-corrected chi connectivity index (χ1v) is 8.47. The van der Waals surface area contributed by atoms with Crippen molar-refractivity contribution < 1.29 is 13.9 Å². The maximum Gasteiger partial charge on any atom is 0.263 e. The van der Waals surface area contributed by atoms with E-state index < -0.39 is 11.9 Å². The fourth-order valence-electron chi connectivity index (χ4n) is 2.88. The molecule has 8 heteroatoms. The van der Waals surface area contributed by atoms with Crippen molar-refractivity contribution in [3.8, 4) is 5.75 Å². The van der Waals surface area contributed by atoms with Gasteiger partial charge in [-0.25, -0.2) is 4.39 Å². The normalized spacial score (nSPS) is 18.0. The molecule has 0 aliphatic carbocycles. The van der Waals surface area contributed by atoms with Gasteiger partial charge in [0.2, 0.25) is 0 Å². The molecule has 1 fully saturated rings. The first-order valence-electron chi connectivity index (χ1n) is 8.09. The number of rotatable bonds is 4. The Hall–Kier alpha value is -1.89. The Balaban J connectivity index is 0.00000243. The Morgan fingerprint density at radius 3 is 2.96 bits per heavy atom. The van der Waals surface area contributed by atoms with Crippen LogP contribution < -0.4 is 10.1 Å². The van der Waals surface area contributed by atoms with Crippen LogP contribution in [0.25, 0.3) is 0 Å². The van der Waals surface area contributed by atoms with Gasteiger partial charge in [-0.2, -0.15) is 0 Å². The van der Waals surface area contributed by atoms with Gasteiger partial charge in [0.05, 0.1) is 11.1 Å². The summed E-state index contributed by atoms with van der Waals surface area (Å²) in [5.74, 6) is -0.303. The van der Waals surface area contributed by atoms with Crippen LogP contribution in [0.4, 0.5) is 4.39 Å². The molecule has 1 aliphatic heterocycles. The molecule has 5 nitrogen and oxygen atoms in total. The van der Waals surface area contributed by atoms with Gasteiger partial charge in [-0.3, -0.25) is 9.78 Å². The number of nitrogens with zero attached hydrogens (tertiary/aromatic N) is 2. The van der Waals surface area contributed by atoms with Crippen molar-refractivity contribution in [2.45, 2.75) is 19.1 Å². The van der Waals surface area contributed by atoms with Crippen LogP contribution in [0.2, 0.25) is 5.02 Å². The highest BCUT2D eigenvalue weighted by atomic mass is 35.5. The van der Waals surface area contributed by atoms with Gasteiger partial charge in [-0.1, -0.05) is 17.7 Å². The lowest BCUT2D eigenvalue weighted by Crippen LogP contribution is -2.52. The summed E-state index contributed by atoms with van der Waals surface area (Å²) in [7, 11) is 0. The number of aromatic nitrogens is 1. The summed E-state index contributed by atoms with van der Waals surface area (Å²) in [5, 5.41) is 3.44. The van der Waals surface area contributed by atoms with Gasteiger partial charge in [0, 0.05) is 32.0 Å². The maximum atomic E-state index is 13.1. The highest BCUT2D eigenvalue weighted by Crippen LogP contribution is 2.27. The molecular formula is C18H20Cl2FN3O2. The molecule has 2 aromatic rings. The van der Waals surface area contributed by atoms with Crippen molar-refractivity contribution in [1.82, 2.24) is 15.2 Å². The summed E-state index contributed by atoms with van der Waals surface area (Å²) in [5.41, 5.74) is 0.968. The summed E-state index contributed by atoms with van der Waals surface area (Å²) >= 11 is 5.98. The Morgan fingerprint density at radius 1 is 1.46 bits per heavy atom. The largest absolute Gasteiger partial charge is 0.479 e. The number of amides is 1. The molecule has 2 heterocycles. The van der Waals surface area contributed by atoms with E-state index in [1.807, 2.05) is 12.1 Å². The average molecular weight is 400 g/mol. The third-order valence-corrected chi connectivity index (χ3v) is 4.44. The Labute approximate surface area is 162 Å². The number of hydrogen-bond acceptors (Lipinski definition) is 4. The van der Waals surface area contributed by atoms with Gasteiger partial charge in [-0.05, 0) is 36.8 Å². The third kappa shape index (κ3) is 4.63. The second-order valence-electron chi connectivity index (χ2n) is 5.87. The number of halogens is 3. The van der Waals surface area contributed by atoms with Gasteiger partial charge in [0.15, 0.2) is 6.10 Å². The lowest BCUT2D eigenvalue weighted by Gasteiger charge is -2.37. The monoisotopic (exact) mass is 399 g/mol. The van der Waals surface area contributed by atoms with Crippen LogP contribution in [-0.4, -0.2) is 41.5 Å². The van der Waals surface area contributed by atoms with Crippen LogP contribution in [0.5, 0.6) is 5.75 Å². The number of carbonyl (C=O) groups excluding carboxylic acids is 1. The Bertz CT molecular complexity index is 748. The van der Waals surface area contributed by atoms with E-state index in [0.29, 0.717) is 19.6 Å². The van der Waals surface area contributed by atoms with Crippen molar-refractivity contribution in [2.24, 2.45) is 0 Å². The van der Waals surface area contributed by atoms with Crippen LogP contribution in [0.15, 0.2) is 42.7 Å². The van der Waals surface area contributed by atoms with E-state index in [9.17, 15) is 9.18 Å². The summed E-state index contributed by atoms with van der Waals surface area (Å²) < 4.78 is 18.8. The first kappa shape index (κ1) is 20.4. The molecule has 1 N–H and O–H groups in total. The molecule has 0 radical (unpaired) electrons. The van der Waals surface area contributed by atoms with Crippen LogP contribution in [0.3, 0.4) is 0 Å². The molecular weight excluding hydrogens is 380 g/mol. The van der Waals surface area contributed by atoms with E-state index in [0.717, 1.165) is 11.6 Å². The molecule has 26 heavy (non-hydrogen) atoms. The molecule has 2 atom stereocenters. The predicted molar refractivity (Wildman–Crippen MR) is 100 cm³/mol. The van der Waals surface area contributed by atoms with Gasteiger partial charge in [-0.15, -0.1) is 12.4 Å². The number of hydrogen-bond donors (Lipinski definition) is 1. The van der Waals surface area contributed by atoms with Crippen LogP contribution in [0.1, 0.15) is 18.5 Å². The number of pyridine rings is 1. The number of piperazine rings is 1. The van der Waals surface area contributed by atoms with Crippen molar-refractivity contribution in [3.05, 3.63) is 59.1 Å². The quantitative estimate of drug-likeness (QED) is 0.857. The number of nitrogens with one attached hydrogen (secondary N) is 1. The van der Waals surface area contributed by atoms with E-state index in [2.05, 4.69) is 10.3 Å².